The van der Waals surface area contributed by atoms with Gasteiger partial charge in [-0.25, -0.2) is 4.39 Å². The van der Waals surface area contributed by atoms with Crippen molar-refractivity contribution in [3.05, 3.63) is 74.4 Å². The standard InChI is InChI=1S/C22H22ClF4NO2S/c1-13-10-19(18(24)11-15(13)4-3-9-29)30-12-17(21(31-2)22(25,26)27)20(28)14-5-7-16(23)8-6-14/h5-8,10-11,28-29H,3-4,9,12H2,1-2H3/b21-17-,28-20?. The number of allylic oxidation sites excluding steroid dienone is 1. The van der Waals surface area contributed by atoms with Gasteiger partial charge in [0.15, 0.2) is 11.6 Å². The zero-order valence-corrected chi connectivity index (χ0v) is 18.5. The summed E-state index contributed by atoms with van der Waals surface area (Å²) in [5, 5.41) is 17.7. The smallest absolute Gasteiger partial charge is 0.422 e. The van der Waals surface area contributed by atoms with Gasteiger partial charge >= 0.3 is 6.18 Å². The monoisotopic (exact) mass is 475 g/mol. The van der Waals surface area contributed by atoms with Crippen molar-refractivity contribution in [1.82, 2.24) is 0 Å². The summed E-state index contributed by atoms with van der Waals surface area (Å²) >= 11 is 6.28. The Labute approximate surface area is 187 Å². The number of alkyl halides is 3. The quantitative estimate of drug-likeness (QED) is 0.329. The van der Waals surface area contributed by atoms with Crippen molar-refractivity contribution >= 4 is 29.1 Å². The lowest BCUT2D eigenvalue weighted by Crippen LogP contribution is -2.21. The van der Waals surface area contributed by atoms with Crippen LogP contribution >= 0.6 is 23.4 Å². The summed E-state index contributed by atoms with van der Waals surface area (Å²) in [5.41, 5.74) is 0.835. The summed E-state index contributed by atoms with van der Waals surface area (Å²) < 4.78 is 60.7. The van der Waals surface area contributed by atoms with Crippen molar-refractivity contribution in [2.24, 2.45) is 0 Å². The van der Waals surface area contributed by atoms with Crippen LogP contribution in [0.3, 0.4) is 0 Å². The van der Waals surface area contributed by atoms with Gasteiger partial charge in [-0.3, -0.25) is 5.41 Å². The highest BCUT2D eigenvalue weighted by molar-refractivity contribution is 8.02. The molecule has 2 N–H and O–H groups in total. The summed E-state index contributed by atoms with van der Waals surface area (Å²) in [4.78, 5) is -0.982. The Balaban J connectivity index is 2.39. The van der Waals surface area contributed by atoms with E-state index >= 15 is 0 Å². The molecule has 2 aromatic carbocycles. The minimum absolute atomic E-state index is 0.0326. The first-order chi connectivity index (χ1) is 14.6. The van der Waals surface area contributed by atoms with Crippen LogP contribution in [0.1, 0.15) is 23.1 Å². The summed E-state index contributed by atoms with van der Waals surface area (Å²) in [7, 11) is 0. The Bertz CT molecular complexity index is 959. The molecule has 2 rings (SSSR count). The van der Waals surface area contributed by atoms with Gasteiger partial charge in [0, 0.05) is 17.2 Å². The van der Waals surface area contributed by atoms with E-state index in [-0.39, 0.29) is 23.6 Å². The van der Waals surface area contributed by atoms with Gasteiger partial charge < -0.3 is 9.84 Å². The van der Waals surface area contributed by atoms with Crippen LogP contribution in [0.25, 0.3) is 0 Å². The lowest BCUT2D eigenvalue weighted by molar-refractivity contribution is -0.0843. The third-order valence-electron chi connectivity index (χ3n) is 4.54. The molecule has 9 heteroatoms. The summed E-state index contributed by atoms with van der Waals surface area (Å²) in [6.45, 7) is 1.06. The predicted molar refractivity (Wildman–Crippen MR) is 117 cm³/mol. The van der Waals surface area contributed by atoms with E-state index < -0.39 is 29.1 Å². The molecule has 0 unspecified atom stereocenters. The molecule has 0 aliphatic heterocycles. The Morgan fingerprint density at radius 1 is 1.19 bits per heavy atom. The SMILES string of the molecule is CS/C(=C(/COc1cc(C)c(CCCO)cc1F)C(=N)c1ccc(Cl)cc1)C(F)(F)F. The van der Waals surface area contributed by atoms with Gasteiger partial charge in [-0.05, 0) is 67.0 Å². The number of halogens is 5. The third kappa shape index (κ3) is 6.72. The Kier molecular flexibility index (Phi) is 8.97. The number of aliphatic hydroxyl groups excluding tert-OH is 1. The molecular weight excluding hydrogens is 454 g/mol. The second-order valence-electron chi connectivity index (χ2n) is 6.72. The first-order valence-corrected chi connectivity index (χ1v) is 10.9. The Morgan fingerprint density at radius 2 is 1.84 bits per heavy atom. The fourth-order valence-electron chi connectivity index (χ4n) is 2.95. The van der Waals surface area contributed by atoms with Gasteiger partial charge in [-0.15, -0.1) is 11.8 Å². The average Bonchev–Trinajstić information content (AvgIpc) is 2.71. The molecule has 168 valence electrons. The van der Waals surface area contributed by atoms with Crippen LogP contribution in [0.4, 0.5) is 17.6 Å². The highest BCUT2D eigenvalue weighted by atomic mass is 35.5. The molecule has 3 nitrogen and oxygen atoms in total. The highest BCUT2D eigenvalue weighted by Crippen LogP contribution is 2.37. The maximum atomic E-state index is 14.5. The van der Waals surface area contributed by atoms with Crippen LogP contribution in [-0.4, -0.2) is 36.5 Å². The molecule has 0 spiro atoms. The number of aryl methyl sites for hydroxylation is 2. The molecular formula is C22H22ClF4NO2S. The highest BCUT2D eigenvalue weighted by Gasteiger charge is 2.37. The van der Waals surface area contributed by atoms with Gasteiger partial charge in [0.25, 0.3) is 0 Å². The van der Waals surface area contributed by atoms with Crippen molar-refractivity contribution in [2.75, 3.05) is 19.5 Å². The molecule has 0 radical (unpaired) electrons. The van der Waals surface area contributed by atoms with E-state index in [9.17, 15) is 17.6 Å². The topological polar surface area (TPSA) is 53.3 Å². The largest absolute Gasteiger partial charge is 0.486 e. The second-order valence-corrected chi connectivity index (χ2v) is 7.97. The molecule has 0 saturated carbocycles. The molecule has 0 atom stereocenters. The van der Waals surface area contributed by atoms with E-state index in [1.807, 2.05) is 0 Å². The molecule has 0 saturated heterocycles. The number of thioether (sulfide) groups is 1. The second kappa shape index (κ2) is 11.0. The van der Waals surface area contributed by atoms with E-state index in [0.717, 1.165) is 0 Å². The molecule has 0 aliphatic rings. The number of hydrogen-bond acceptors (Lipinski definition) is 4. The molecule has 0 fully saturated rings. The van der Waals surface area contributed by atoms with Crippen LogP contribution in [0.5, 0.6) is 5.75 Å². The number of nitrogens with one attached hydrogen (secondary N) is 1. The minimum atomic E-state index is -4.69. The zero-order chi connectivity index (χ0) is 23.2. The summed E-state index contributed by atoms with van der Waals surface area (Å²) in [6.07, 6.45) is -2.50. The molecule has 0 heterocycles. The van der Waals surface area contributed by atoms with Crippen LogP contribution in [-0.2, 0) is 6.42 Å². The van der Waals surface area contributed by atoms with Crippen molar-refractivity contribution in [3.8, 4) is 5.75 Å². The van der Waals surface area contributed by atoms with E-state index in [2.05, 4.69) is 0 Å². The van der Waals surface area contributed by atoms with Crippen LogP contribution in [0, 0.1) is 18.2 Å². The van der Waals surface area contributed by atoms with Crippen molar-refractivity contribution in [3.63, 3.8) is 0 Å². The maximum Gasteiger partial charge on any atom is 0.422 e. The first kappa shape index (κ1) is 25.2. The Morgan fingerprint density at radius 3 is 2.39 bits per heavy atom. The fraction of sp³-hybridized carbons (Fsp3) is 0.318. The molecule has 0 aromatic heterocycles. The molecule has 0 aliphatic carbocycles. The van der Waals surface area contributed by atoms with Gasteiger partial charge in [0.05, 0.1) is 10.6 Å². The normalized spacial score (nSPS) is 12.5. The van der Waals surface area contributed by atoms with Crippen LogP contribution < -0.4 is 4.74 Å². The predicted octanol–water partition coefficient (Wildman–Crippen LogP) is 6.34. The van der Waals surface area contributed by atoms with Crippen molar-refractivity contribution < 1.29 is 27.4 Å². The maximum absolute atomic E-state index is 14.5. The van der Waals surface area contributed by atoms with E-state index in [1.165, 1.54) is 42.7 Å². The van der Waals surface area contributed by atoms with Crippen LogP contribution in [0.2, 0.25) is 5.02 Å². The molecule has 0 bridgehead atoms. The first-order valence-electron chi connectivity index (χ1n) is 9.30. The van der Waals surface area contributed by atoms with Crippen molar-refractivity contribution in [1.29, 1.82) is 5.41 Å². The lowest BCUT2D eigenvalue weighted by Gasteiger charge is -2.19. The van der Waals surface area contributed by atoms with Gasteiger partial charge in [-0.1, -0.05) is 23.7 Å². The molecule has 0 amide bonds. The third-order valence-corrected chi connectivity index (χ3v) is 5.68. The summed E-state index contributed by atoms with van der Waals surface area (Å²) in [6, 6.07) is 8.51. The lowest BCUT2D eigenvalue weighted by atomic mass is 10.0. The number of hydrogen-bond donors (Lipinski definition) is 2. The van der Waals surface area contributed by atoms with Crippen molar-refractivity contribution in [2.45, 2.75) is 25.9 Å². The van der Waals surface area contributed by atoms with E-state index in [4.69, 9.17) is 26.9 Å². The van der Waals surface area contributed by atoms with E-state index in [0.29, 0.717) is 40.8 Å². The van der Waals surface area contributed by atoms with E-state index in [1.54, 1.807) is 6.92 Å². The zero-order valence-electron chi connectivity index (χ0n) is 16.9. The van der Waals surface area contributed by atoms with Gasteiger partial charge in [0.2, 0.25) is 0 Å². The Hall–Kier alpha value is -2.03. The van der Waals surface area contributed by atoms with Gasteiger partial charge in [0.1, 0.15) is 6.61 Å². The number of ether oxygens (including phenoxy) is 1. The fourth-order valence-corrected chi connectivity index (χ4v) is 3.71. The van der Waals surface area contributed by atoms with Gasteiger partial charge in [-0.2, -0.15) is 13.2 Å². The molecule has 2 aromatic rings. The number of aliphatic hydroxyl groups is 1. The average molecular weight is 476 g/mol. The minimum Gasteiger partial charge on any atom is -0.486 e. The van der Waals surface area contributed by atoms with Crippen LogP contribution in [0.15, 0.2) is 46.9 Å². The number of benzene rings is 2. The number of rotatable bonds is 9. The molecule has 31 heavy (non-hydrogen) atoms. The summed E-state index contributed by atoms with van der Waals surface area (Å²) in [5.74, 6) is -0.914.